The minimum Gasteiger partial charge on any atom is -0.455 e. The summed E-state index contributed by atoms with van der Waals surface area (Å²) in [6.07, 6.45) is 0.817. The number of hydrogen-bond acceptors (Lipinski definition) is 7. The van der Waals surface area contributed by atoms with Crippen molar-refractivity contribution in [3.05, 3.63) is 35.4 Å². The summed E-state index contributed by atoms with van der Waals surface area (Å²) in [5.41, 5.74) is 0.981. The van der Waals surface area contributed by atoms with Crippen LogP contribution in [0.4, 0.5) is 5.82 Å². The van der Waals surface area contributed by atoms with E-state index in [4.69, 9.17) is 9.40 Å². The summed E-state index contributed by atoms with van der Waals surface area (Å²) in [6, 6.07) is 5.55. The quantitative estimate of drug-likeness (QED) is 0.493. The summed E-state index contributed by atoms with van der Waals surface area (Å²) in [7, 11) is 0. The fourth-order valence-corrected chi connectivity index (χ4v) is 3.98. The number of amides is 2. The minimum absolute atomic E-state index is 0.114. The molecule has 1 aliphatic rings. The fraction of sp³-hybridized carbons (Fsp3) is 0.545. The maximum atomic E-state index is 12.1. The Bertz CT molecular complexity index is 906. The van der Waals surface area contributed by atoms with Gasteiger partial charge in [-0.15, -0.1) is 0 Å². The lowest BCUT2D eigenvalue weighted by atomic mass is 10.2. The van der Waals surface area contributed by atoms with Crippen LogP contribution in [0, 0.1) is 5.92 Å². The number of piperazine rings is 1. The number of thioether (sulfide) groups is 1. The molecule has 3 rings (SSSR count). The minimum atomic E-state index is -0.193. The van der Waals surface area contributed by atoms with Crippen LogP contribution in [0.1, 0.15) is 49.7 Å². The van der Waals surface area contributed by atoms with E-state index in [2.05, 4.69) is 22.1 Å². The average molecular weight is 446 g/mol. The summed E-state index contributed by atoms with van der Waals surface area (Å²) in [5, 5.41) is 3.55. The maximum absolute atomic E-state index is 12.1. The van der Waals surface area contributed by atoms with Gasteiger partial charge in [0.25, 0.3) is 5.91 Å². The number of aryl methyl sites for hydroxylation is 1. The van der Waals surface area contributed by atoms with Gasteiger partial charge in [-0.05, 0) is 24.5 Å². The molecule has 2 aromatic heterocycles. The monoisotopic (exact) mass is 445 g/mol. The van der Waals surface area contributed by atoms with Crippen LogP contribution in [0.15, 0.2) is 27.8 Å². The van der Waals surface area contributed by atoms with Gasteiger partial charge in [-0.2, -0.15) is 0 Å². The van der Waals surface area contributed by atoms with Crippen molar-refractivity contribution in [2.24, 2.45) is 5.92 Å². The van der Waals surface area contributed by atoms with E-state index in [0.717, 1.165) is 31.0 Å². The topological polar surface area (TPSA) is 91.6 Å². The number of nitrogens with zero attached hydrogens (tertiary/aromatic N) is 4. The van der Waals surface area contributed by atoms with Crippen molar-refractivity contribution in [2.75, 3.05) is 37.6 Å². The van der Waals surface area contributed by atoms with Crippen LogP contribution < -0.4 is 10.2 Å². The van der Waals surface area contributed by atoms with Crippen LogP contribution in [0.3, 0.4) is 0 Å². The van der Waals surface area contributed by atoms with Crippen LogP contribution in [0.25, 0.3) is 0 Å². The summed E-state index contributed by atoms with van der Waals surface area (Å²) in [4.78, 5) is 37.1. The number of carbonyl (C=O) groups excluding carboxylic acids is 2. The van der Waals surface area contributed by atoms with Gasteiger partial charge in [0.15, 0.2) is 10.9 Å². The Morgan fingerprint density at radius 2 is 1.94 bits per heavy atom. The largest absolute Gasteiger partial charge is 0.455 e. The van der Waals surface area contributed by atoms with E-state index >= 15 is 0 Å². The molecule has 2 amide bonds. The molecule has 1 N–H and O–H groups in total. The molecule has 3 heterocycles. The molecule has 1 fully saturated rings. The maximum Gasteiger partial charge on any atom is 0.287 e. The van der Waals surface area contributed by atoms with Gasteiger partial charge in [0.05, 0.1) is 5.75 Å². The summed E-state index contributed by atoms with van der Waals surface area (Å²) in [6.45, 7) is 11.3. The molecule has 0 bridgehead atoms. The third-order valence-corrected chi connectivity index (χ3v) is 5.93. The van der Waals surface area contributed by atoms with Gasteiger partial charge < -0.3 is 19.5 Å². The van der Waals surface area contributed by atoms with Gasteiger partial charge in [0.2, 0.25) is 5.91 Å². The summed E-state index contributed by atoms with van der Waals surface area (Å²) in [5.74, 6) is 2.78. The molecule has 0 saturated carbocycles. The second kappa shape index (κ2) is 10.7. The van der Waals surface area contributed by atoms with E-state index in [1.165, 1.54) is 11.8 Å². The van der Waals surface area contributed by atoms with Crippen LogP contribution in [-0.2, 0) is 17.0 Å². The number of nitrogens with one attached hydrogen (secondary N) is 1. The Kier molecular flexibility index (Phi) is 7.95. The number of aromatic nitrogens is 2. The molecule has 0 unspecified atom stereocenters. The van der Waals surface area contributed by atoms with E-state index in [9.17, 15) is 9.59 Å². The first-order valence-electron chi connectivity index (χ1n) is 10.7. The SMILES string of the molecule is CCc1cc(N2CCN(C(C)=O)CC2)nc(SCc2ccc(C(=O)NCC(C)C)o2)n1. The van der Waals surface area contributed by atoms with Crippen molar-refractivity contribution in [3.63, 3.8) is 0 Å². The van der Waals surface area contributed by atoms with E-state index in [1.807, 2.05) is 30.9 Å². The standard InChI is InChI=1S/C22H31N5O3S/c1-5-17-12-20(27-10-8-26(9-11-27)16(4)28)25-22(24-17)31-14-18-6-7-19(30-18)21(29)23-13-15(2)3/h6-7,12,15H,5,8-11,13-14H2,1-4H3,(H,23,29). The summed E-state index contributed by atoms with van der Waals surface area (Å²) < 4.78 is 5.70. The van der Waals surface area contributed by atoms with Gasteiger partial charge in [0, 0.05) is 51.4 Å². The number of rotatable bonds is 8. The predicted molar refractivity (Wildman–Crippen MR) is 121 cm³/mol. The molecule has 0 atom stereocenters. The normalized spacial score (nSPS) is 14.2. The molecule has 168 valence electrons. The van der Waals surface area contributed by atoms with E-state index in [1.54, 1.807) is 13.0 Å². The summed E-state index contributed by atoms with van der Waals surface area (Å²) >= 11 is 1.49. The van der Waals surface area contributed by atoms with E-state index in [-0.39, 0.29) is 11.8 Å². The molecule has 9 heteroatoms. The van der Waals surface area contributed by atoms with Crippen molar-refractivity contribution in [3.8, 4) is 0 Å². The van der Waals surface area contributed by atoms with Crippen molar-refractivity contribution in [2.45, 2.75) is 45.0 Å². The second-order valence-electron chi connectivity index (χ2n) is 8.01. The second-order valence-corrected chi connectivity index (χ2v) is 8.95. The molecule has 0 aromatic carbocycles. The molecule has 8 nitrogen and oxygen atoms in total. The van der Waals surface area contributed by atoms with Crippen molar-refractivity contribution in [1.29, 1.82) is 0 Å². The fourth-order valence-electron chi connectivity index (χ4n) is 3.21. The Hall–Kier alpha value is -2.55. The highest BCUT2D eigenvalue weighted by atomic mass is 32.2. The first-order chi connectivity index (χ1) is 14.9. The van der Waals surface area contributed by atoms with E-state index < -0.39 is 0 Å². The Morgan fingerprint density at radius 1 is 1.19 bits per heavy atom. The average Bonchev–Trinajstić information content (AvgIpc) is 3.25. The molecule has 31 heavy (non-hydrogen) atoms. The lowest BCUT2D eigenvalue weighted by Crippen LogP contribution is -2.48. The van der Waals surface area contributed by atoms with Crippen LogP contribution in [0.5, 0.6) is 0 Å². The molecule has 0 aliphatic carbocycles. The smallest absolute Gasteiger partial charge is 0.287 e. The third kappa shape index (κ3) is 6.46. The van der Waals surface area contributed by atoms with Gasteiger partial charge in [-0.25, -0.2) is 9.97 Å². The Balaban J connectivity index is 1.62. The van der Waals surface area contributed by atoms with Crippen LogP contribution in [0.2, 0.25) is 0 Å². The molecule has 0 radical (unpaired) electrons. The van der Waals surface area contributed by atoms with Crippen molar-refractivity contribution in [1.82, 2.24) is 20.2 Å². The zero-order chi connectivity index (χ0) is 22.4. The highest BCUT2D eigenvalue weighted by Crippen LogP contribution is 2.25. The molecular weight excluding hydrogens is 414 g/mol. The Labute approximate surface area is 187 Å². The van der Waals surface area contributed by atoms with Crippen molar-refractivity contribution >= 4 is 29.4 Å². The highest BCUT2D eigenvalue weighted by Gasteiger charge is 2.21. The third-order valence-electron chi connectivity index (χ3n) is 5.06. The first-order valence-corrected chi connectivity index (χ1v) is 11.7. The van der Waals surface area contributed by atoms with Gasteiger partial charge in [-0.3, -0.25) is 9.59 Å². The van der Waals surface area contributed by atoms with Gasteiger partial charge >= 0.3 is 0 Å². The molecule has 1 aliphatic heterocycles. The highest BCUT2D eigenvalue weighted by molar-refractivity contribution is 7.98. The lowest BCUT2D eigenvalue weighted by molar-refractivity contribution is -0.129. The number of hydrogen-bond donors (Lipinski definition) is 1. The van der Waals surface area contributed by atoms with Crippen molar-refractivity contribution < 1.29 is 14.0 Å². The van der Waals surface area contributed by atoms with Crippen LogP contribution >= 0.6 is 11.8 Å². The molecule has 1 saturated heterocycles. The number of furan rings is 1. The lowest BCUT2D eigenvalue weighted by Gasteiger charge is -2.35. The molecule has 0 spiro atoms. The Morgan fingerprint density at radius 3 is 2.58 bits per heavy atom. The molecule has 2 aromatic rings. The first kappa shape index (κ1) is 23.1. The van der Waals surface area contributed by atoms with E-state index in [0.29, 0.717) is 48.0 Å². The number of anilines is 1. The zero-order valence-electron chi connectivity index (χ0n) is 18.7. The predicted octanol–water partition coefficient (Wildman–Crippen LogP) is 2.98. The van der Waals surface area contributed by atoms with Gasteiger partial charge in [-0.1, -0.05) is 32.5 Å². The van der Waals surface area contributed by atoms with Gasteiger partial charge in [0.1, 0.15) is 11.6 Å². The zero-order valence-corrected chi connectivity index (χ0v) is 19.5. The number of carbonyl (C=O) groups is 2. The van der Waals surface area contributed by atoms with Crippen LogP contribution in [-0.4, -0.2) is 59.4 Å². The molecular formula is C22H31N5O3S.